The van der Waals surface area contributed by atoms with E-state index in [2.05, 4.69) is 20.8 Å². The zero-order valence-electron chi connectivity index (χ0n) is 15.0. The van der Waals surface area contributed by atoms with Crippen molar-refractivity contribution < 1.29 is 9.53 Å². The van der Waals surface area contributed by atoms with Gasteiger partial charge >= 0.3 is 5.97 Å². The second-order valence-corrected chi connectivity index (χ2v) is 7.63. The number of nitrogens with one attached hydrogen (secondary N) is 1. The minimum Gasteiger partial charge on any atom is -0.427 e. The van der Waals surface area contributed by atoms with Gasteiger partial charge in [0.1, 0.15) is 5.75 Å². The Balaban J connectivity index is 1.80. The number of carbonyl (C=O) groups excluding carboxylic acids is 1. The van der Waals surface area contributed by atoms with Gasteiger partial charge in [-0.15, -0.1) is 0 Å². The molecule has 24 heavy (non-hydrogen) atoms. The zero-order valence-corrected chi connectivity index (χ0v) is 15.0. The average molecular weight is 331 g/mol. The Hall–Kier alpha value is -2.04. The van der Waals surface area contributed by atoms with Crippen LogP contribution in [0.1, 0.15) is 52.0 Å². The van der Waals surface area contributed by atoms with E-state index >= 15 is 0 Å². The lowest BCUT2D eigenvalue weighted by molar-refractivity contribution is -0.134. The summed E-state index contributed by atoms with van der Waals surface area (Å²) >= 11 is 0. The standard InChI is InChI=1S/C19H29N3O2/c1-19(2,3)15-7-9-16(10-8-15)24-17(23)11-6-14-5-4-12-22(13-14)18(20)21/h7-10,14H,4-6,11-13H2,1-3H3,(H3,20,21). The summed E-state index contributed by atoms with van der Waals surface area (Å²) in [6.45, 7) is 8.08. The molecule has 0 spiro atoms. The third kappa shape index (κ3) is 5.25. The van der Waals surface area contributed by atoms with Crippen molar-refractivity contribution in [1.82, 2.24) is 4.90 Å². The fraction of sp³-hybridized carbons (Fsp3) is 0.579. The Morgan fingerprint density at radius 2 is 2.00 bits per heavy atom. The van der Waals surface area contributed by atoms with Crippen LogP contribution in [0.15, 0.2) is 24.3 Å². The molecule has 1 heterocycles. The van der Waals surface area contributed by atoms with Crippen molar-refractivity contribution in [3.05, 3.63) is 29.8 Å². The number of ether oxygens (including phenoxy) is 1. The highest BCUT2D eigenvalue weighted by Crippen LogP contribution is 2.25. The number of rotatable bonds is 4. The molecule has 1 aromatic carbocycles. The van der Waals surface area contributed by atoms with Crippen molar-refractivity contribution >= 4 is 11.9 Å². The quantitative estimate of drug-likeness (QED) is 0.384. The van der Waals surface area contributed by atoms with Gasteiger partial charge in [0.05, 0.1) is 0 Å². The summed E-state index contributed by atoms with van der Waals surface area (Å²) in [5.41, 5.74) is 6.85. The van der Waals surface area contributed by atoms with Crippen molar-refractivity contribution in [3.63, 3.8) is 0 Å². The van der Waals surface area contributed by atoms with E-state index in [4.69, 9.17) is 15.9 Å². The molecule has 0 aromatic heterocycles. The lowest BCUT2D eigenvalue weighted by atomic mass is 9.87. The van der Waals surface area contributed by atoms with Crippen LogP contribution in [0.4, 0.5) is 0 Å². The van der Waals surface area contributed by atoms with Gasteiger partial charge in [-0.1, -0.05) is 32.9 Å². The molecule has 5 heteroatoms. The molecule has 1 fully saturated rings. The van der Waals surface area contributed by atoms with E-state index < -0.39 is 0 Å². The lowest BCUT2D eigenvalue weighted by Gasteiger charge is -2.32. The van der Waals surface area contributed by atoms with Crippen LogP contribution in [-0.4, -0.2) is 29.9 Å². The monoisotopic (exact) mass is 331 g/mol. The maximum absolute atomic E-state index is 12.0. The minimum atomic E-state index is -0.196. The smallest absolute Gasteiger partial charge is 0.311 e. The van der Waals surface area contributed by atoms with Gasteiger partial charge in [0.25, 0.3) is 0 Å². The first kappa shape index (κ1) is 18.3. The van der Waals surface area contributed by atoms with Crippen LogP contribution in [-0.2, 0) is 10.2 Å². The van der Waals surface area contributed by atoms with Crippen molar-refractivity contribution in [2.75, 3.05) is 13.1 Å². The van der Waals surface area contributed by atoms with E-state index in [0.29, 0.717) is 18.1 Å². The second kappa shape index (κ2) is 7.69. The van der Waals surface area contributed by atoms with Gasteiger partial charge in [-0.25, -0.2) is 0 Å². The zero-order chi connectivity index (χ0) is 17.7. The molecule has 0 amide bonds. The van der Waals surface area contributed by atoms with Gasteiger partial charge in [0.2, 0.25) is 0 Å². The summed E-state index contributed by atoms with van der Waals surface area (Å²) in [6, 6.07) is 7.73. The molecule has 1 aromatic rings. The largest absolute Gasteiger partial charge is 0.427 e. The molecular formula is C19H29N3O2. The number of likely N-dealkylation sites (tertiary alicyclic amines) is 1. The van der Waals surface area contributed by atoms with Crippen molar-refractivity contribution in [2.24, 2.45) is 11.7 Å². The predicted octanol–water partition coefficient (Wildman–Crippen LogP) is 3.28. The Morgan fingerprint density at radius 1 is 1.33 bits per heavy atom. The van der Waals surface area contributed by atoms with E-state index in [1.54, 1.807) is 0 Å². The highest BCUT2D eigenvalue weighted by molar-refractivity contribution is 5.74. The predicted molar refractivity (Wildman–Crippen MR) is 96.2 cm³/mol. The first-order chi connectivity index (χ1) is 11.3. The molecule has 1 aliphatic rings. The molecule has 0 saturated carbocycles. The first-order valence-electron chi connectivity index (χ1n) is 8.66. The van der Waals surface area contributed by atoms with Gasteiger partial charge in [0, 0.05) is 19.5 Å². The lowest BCUT2D eigenvalue weighted by Crippen LogP contribution is -2.43. The molecular weight excluding hydrogens is 302 g/mol. The molecule has 132 valence electrons. The van der Waals surface area contributed by atoms with Gasteiger partial charge in [-0.2, -0.15) is 0 Å². The minimum absolute atomic E-state index is 0.0894. The van der Waals surface area contributed by atoms with Crippen LogP contribution >= 0.6 is 0 Å². The Labute approximate surface area is 144 Å². The number of guanidine groups is 1. The molecule has 0 radical (unpaired) electrons. The molecule has 1 unspecified atom stereocenters. The van der Waals surface area contributed by atoms with E-state index in [0.717, 1.165) is 32.4 Å². The van der Waals surface area contributed by atoms with E-state index in [-0.39, 0.29) is 17.3 Å². The maximum atomic E-state index is 12.0. The van der Waals surface area contributed by atoms with Crippen LogP contribution < -0.4 is 10.5 Å². The highest BCUT2D eigenvalue weighted by Gasteiger charge is 2.21. The molecule has 2 rings (SSSR count). The summed E-state index contributed by atoms with van der Waals surface area (Å²) in [7, 11) is 0. The van der Waals surface area contributed by atoms with Crippen molar-refractivity contribution in [3.8, 4) is 5.75 Å². The number of piperidine rings is 1. The summed E-state index contributed by atoms with van der Waals surface area (Å²) in [5.74, 6) is 0.931. The van der Waals surface area contributed by atoms with Gasteiger partial charge in [-0.3, -0.25) is 10.2 Å². The summed E-state index contributed by atoms with van der Waals surface area (Å²) in [6.07, 6.45) is 3.28. The molecule has 1 saturated heterocycles. The number of carbonyl (C=O) groups is 1. The number of hydrogen-bond donors (Lipinski definition) is 2. The van der Waals surface area contributed by atoms with Crippen molar-refractivity contribution in [2.45, 2.75) is 51.9 Å². The maximum Gasteiger partial charge on any atom is 0.311 e. The van der Waals surface area contributed by atoms with Crippen molar-refractivity contribution in [1.29, 1.82) is 5.41 Å². The molecule has 1 aliphatic heterocycles. The second-order valence-electron chi connectivity index (χ2n) is 7.63. The third-order valence-corrected chi connectivity index (χ3v) is 4.57. The van der Waals surface area contributed by atoms with E-state index in [1.165, 1.54) is 5.56 Å². The third-order valence-electron chi connectivity index (χ3n) is 4.57. The fourth-order valence-electron chi connectivity index (χ4n) is 3.05. The Bertz CT molecular complexity index is 575. The normalized spacial score (nSPS) is 18.3. The molecule has 5 nitrogen and oxygen atoms in total. The Morgan fingerprint density at radius 3 is 2.58 bits per heavy atom. The first-order valence-corrected chi connectivity index (χ1v) is 8.66. The molecule has 3 N–H and O–H groups in total. The number of hydrogen-bond acceptors (Lipinski definition) is 3. The van der Waals surface area contributed by atoms with Gasteiger partial charge in [0.15, 0.2) is 5.96 Å². The van der Waals surface area contributed by atoms with Crippen LogP contribution in [0, 0.1) is 11.3 Å². The summed E-state index contributed by atoms with van der Waals surface area (Å²) < 4.78 is 5.43. The van der Waals surface area contributed by atoms with E-state index in [9.17, 15) is 4.79 Å². The summed E-state index contributed by atoms with van der Waals surface area (Å²) in [4.78, 5) is 13.9. The molecule has 1 atom stereocenters. The number of nitrogens with zero attached hydrogens (tertiary/aromatic N) is 1. The average Bonchev–Trinajstić information content (AvgIpc) is 2.53. The molecule has 0 aliphatic carbocycles. The van der Waals surface area contributed by atoms with Crippen LogP contribution in [0.2, 0.25) is 0 Å². The number of esters is 1. The summed E-state index contributed by atoms with van der Waals surface area (Å²) in [5, 5.41) is 7.52. The van der Waals surface area contributed by atoms with Crippen LogP contribution in [0.3, 0.4) is 0 Å². The SMILES string of the molecule is CC(C)(C)c1ccc(OC(=O)CCC2CCCN(C(=N)N)C2)cc1. The van der Waals surface area contributed by atoms with Crippen LogP contribution in [0.25, 0.3) is 0 Å². The molecule has 0 bridgehead atoms. The highest BCUT2D eigenvalue weighted by atomic mass is 16.5. The topological polar surface area (TPSA) is 79.4 Å². The van der Waals surface area contributed by atoms with Gasteiger partial charge in [-0.05, 0) is 48.3 Å². The van der Waals surface area contributed by atoms with Gasteiger partial charge < -0.3 is 15.4 Å². The Kier molecular flexibility index (Phi) is 5.86. The fourth-order valence-corrected chi connectivity index (χ4v) is 3.05. The number of nitrogens with two attached hydrogens (primary N) is 1. The van der Waals surface area contributed by atoms with E-state index in [1.807, 2.05) is 29.2 Å². The van der Waals surface area contributed by atoms with Crippen LogP contribution in [0.5, 0.6) is 5.75 Å². The number of benzene rings is 1.